The first kappa shape index (κ1) is 16.0. The summed E-state index contributed by atoms with van der Waals surface area (Å²) in [6.07, 6.45) is -2.14. The number of nitrogens with zero attached hydrogens (tertiary/aromatic N) is 2. The highest BCUT2D eigenvalue weighted by atomic mass is 19.4. The smallest absolute Gasteiger partial charge is 0.325 e. The third-order valence-corrected chi connectivity index (χ3v) is 3.31. The molecule has 0 aliphatic heterocycles. The van der Waals surface area contributed by atoms with Gasteiger partial charge in [-0.15, -0.1) is 0 Å². The molecule has 0 saturated carbocycles. The van der Waals surface area contributed by atoms with E-state index in [1.807, 2.05) is 0 Å². The summed E-state index contributed by atoms with van der Waals surface area (Å²) in [7, 11) is 0. The zero-order valence-electron chi connectivity index (χ0n) is 12.1. The Morgan fingerprint density at radius 3 is 2.62 bits per heavy atom. The zero-order chi connectivity index (χ0) is 17.3. The summed E-state index contributed by atoms with van der Waals surface area (Å²) in [6, 6.07) is 7.39. The van der Waals surface area contributed by atoms with Crippen LogP contribution >= 0.6 is 0 Å². The lowest BCUT2D eigenvalue weighted by molar-refractivity contribution is -0.137. The summed E-state index contributed by atoms with van der Waals surface area (Å²) in [5.41, 5.74) is -0.474. The number of anilines is 1. The highest BCUT2D eigenvalue weighted by molar-refractivity contribution is 5.92. The predicted octanol–water partition coefficient (Wildman–Crippen LogP) is 3.67. The Morgan fingerprint density at radius 2 is 1.88 bits per heavy atom. The van der Waals surface area contributed by atoms with Gasteiger partial charge < -0.3 is 9.72 Å². The third kappa shape index (κ3) is 3.37. The Morgan fingerprint density at radius 1 is 1.12 bits per heavy atom. The molecular formula is C16H11F4N3O. The van der Waals surface area contributed by atoms with Gasteiger partial charge in [0.25, 0.3) is 0 Å². The molecule has 3 aromatic rings. The van der Waals surface area contributed by atoms with Gasteiger partial charge in [0.15, 0.2) is 0 Å². The molecule has 0 aliphatic carbocycles. The number of benzene rings is 1. The van der Waals surface area contributed by atoms with Crippen LogP contribution in [0.2, 0.25) is 0 Å². The molecule has 0 radical (unpaired) electrons. The lowest BCUT2D eigenvalue weighted by atomic mass is 10.1. The normalized spacial score (nSPS) is 11.7. The van der Waals surface area contributed by atoms with E-state index in [9.17, 15) is 22.4 Å². The van der Waals surface area contributed by atoms with Crippen molar-refractivity contribution in [2.24, 2.45) is 0 Å². The summed E-state index contributed by atoms with van der Waals surface area (Å²) in [6.45, 7) is 0. The van der Waals surface area contributed by atoms with Gasteiger partial charge in [-0.05, 0) is 24.3 Å². The van der Waals surface area contributed by atoms with Gasteiger partial charge in [0, 0.05) is 12.4 Å². The molecule has 1 N–H and O–H groups in total. The predicted molar refractivity (Wildman–Crippen MR) is 78.9 cm³/mol. The van der Waals surface area contributed by atoms with E-state index >= 15 is 0 Å². The van der Waals surface area contributed by atoms with Crippen LogP contribution in [0.5, 0.6) is 0 Å². The summed E-state index contributed by atoms with van der Waals surface area (Å²) in [5, 5.41) is 2.24. The molecule has 0 bridgehead atoms. The van der Waals surface area contributed by atoms with Crippen molar-refractivity contribution in [3.8, 4) is 0 Å². The number of hydrogen-bond acceptors (Lipinski definition) is 2. The quantitative estimate of drug-likeness (QED) is 0.741. The highest BCUT2D eigenvalue weighted by Crippen LogP contribution is 2.34. The molecule has 124 valence electrons. The maximum Gasteiger partial charge on any atom is 0.418 e. The van der Waals surface area contributed by atoms with Crippen LogP contribution in [-0.4, -0.2) is 15.3 Å². The largest absolute Gasteiger partial charge is 0.418 e. The van der Waals surface area contributed by atoms with Gasteiger partial charge in [-0.2, -0.15) is 13.2 Å². The minimum atomic E-state index is -4.56. The molecule has 0 fully saturated rings. The van der Waals surface area contributed by atoms with Crippen molar-refractivity contribution in [1.82, 2.24) is 9.38 Å². The second-order valence-corrected chi connectivity index (χ2v) is 5.11. The number of nitrogens with one attached hydrogen (secondary N) is 1. The van der Waals surface area contributed by atoms with E-state index in [4.69, 9.17) is 0 Å². The average molecular weight is 337 g/mol. The number of pyridine rings is 1. The minimum absolute atomic E-state index is 0.227. The molecule has 0 aliphatic rings. The Bertz CT molecular complexity index is 902. The number of para-hydroxylation sites is 1. The first-order chi connectivity index (χ1) is 11.3. The summed E-state index contributed by atoms with van der Waals surface area (Å²) in [4.78, 5) is 16.1. The maximum atomic E-state index is 13.1. The molecule has 1 amide bonds. The van der Waals surface area contributed by atoms with E-state index in [1.54, 1.807) is 0 Å². The van der Waals surface area contributed by atoms with Crippen LogP contribution < -0.4 is 5.32 Å². The number of aromatic nitrogens is 2. The van der Waals surface area contributed by atoms with E-state index in [1.165, 1.54) is 47.1 Å². The van der Waals surface area contributed by atoms with Crippen LogP contribution in [0.3, 0.4) is 0 Å². The first-order valence-corrected chi connectivity index (χ1v) is 6.92. The summed E-state index contributed by atoms with van der Waals surface area (Å²) >= 11 is 0. The van der Waals surface area contributed by atoms with Crippen molar-refractivity contribution < 1.29 is 22.4 Å². The Kier molecular flexibility index (Phi) is 3.96. The Balaban J connectivity index is 1.78. The molecule has 3 rings (SSSR count). The fourth-order valence-corrected chi connectivity index (χ4v) is 2.30. The third-order valence-electron chi connectivity index (χ3n) is 3.31. The first-order valence-electron chi connectivity index (χ1n) is 6.92. The number of carbonyl (C=O) groups excluding carboxylic acids is 1. The van der Waals surface area contributed by atoms with Gasteiger partial charge in [0.1, 0.15) is 11.5 Å². The molecule has 24 heavy (non-hydrogen) atoms. The Labute approximate surface area is 133 Å². The second kappa shape index (κ2) is 5.95. The number of halogens is 4. The number of hydrogen-bond donors (Lipinski definition) is 1. The van der Waals surface area contributed by atoms with Crippen LogP contribution in [0.15, 0.2) is 48.8 Å². The van der Waals surface area contributed by atoms with Crippen LogP contribution in [0.1, 0.15) is 11.3 Å². The van der Waals surface area contributed by atoms with E-state index in [0.717, 1.165) is 6.07 Å². The SMILES string of the molecule is O=C(Cc1cn2cc(F)ccc2n1)Nc1ccccc1C(F)(F)F. The summed E-state index contributed by atoms with van der Waals surface area (Å²) in [5.74, 6) is -1.11. The van der Waals surface area contributed by atoms with E-state index in [2.05, 4.69) is 10.3 Å². The van der Waals surface area contributed by atoms with Crippen molar-refractivity contribution in [3.05, 3.63) is 65.9 Å². The van der Waals surface area contributed by atoms with E-state index in [0.29, 0.717) is 11.3 Å². The molecule has 0 atom stereocenters. The molecule has 2 aromatic heterocycles. The number of fused-ring (bicyclic) bond motifs is 1. The topological polar surface area (TPSA) is 46.4 Å². The van der Waals surface area contributed by atoms with E-state index in [-0.39, 0.29) is 12.1 Å². The van der Waals surface area contributed by atoms with Crippen molar-refractivity contribution >= 4 is 17.2 Å². The maximum absolute atomic E-state index is 13.1. The van der Waals surface area contributed by atoms with Gasteiger partial charge >= 0.3 is 6.18 Å². The van der Waals surface area contributed by atoms with Crippen molar-refractivity contribution in [2.45, 2.75) is 12.6 Å². The molecule has 2 heterocycles. The number of imidazole rings is 1. The lowest BCUT2D eigenvalue weighted by Crippen LogP contribution is -2.18. The van der Waals surface area contributed by atoms with Crippen molar-refractivity contribution in [1.29, 1.82) is 0 Å². The number of carbonyl (C=O) groups is 1. The second-order valence-electron chi connectivity index (χ2n) is 5.11. The fraction of sp³-hybridized carbons (Fsp3) is 0.125. The zero-order valence-corrected chi connectivity index (χ0v) is 12.1. The standard InChI is InChI=1S/C16H11F4N3O/c17-10-5-6-14-21-11(9-23(14)8-10)7-15(24)22-13-4-2-1-3-12(13)16(18,19)20/h1-6,8-9H,7H2,(H,22,24). The molecule has 4 nitrogen and oxygen atoms in total. The number of rotatable bonds is 3. The Hall–Kier alpha value is -2.90. The van der Waals surface area contributed by atoms with Gasteiger partial charge in [-0.25, -0.2) is 9.37 Å². The molecule has 1 aromatic carbocycles. The molecular weight excluding hydrogens is 326 g/mol. The van der Waals surface area contributed by atoms with Gasteiger partial charge in [-0.3, -0.25) is 4.79 Å². The van der Waals surface area contributed by atoms with Crippen molar-refractivity contribution in [2.75, 3.05) is 5.32 Å². The van der Waals surface area contributed by atoms with Crippen LogP contribution in [-0.2, 0) is 17.4 Å². The van der Waals surface area contributed by atoms with Crippen LogP contribution in [0, 0.1) is 5.82 Å². The fourth-order valence-electron chi connectivity index (χ4n) is 2.30. The summed E-state index contributed by atoms with van der Waals surface area (Å²) < 4.78 is 53.2. The minimum Gasteiger partial charge on any atom is -0.325 e. The highest BCUT2D eigenvalue weighted by Gasteiger charge is 2.33. The number of alkyl halides is 3. The van der Waals surface area contributed by atoms with Gasteiger partial charge in [0.05, 0.1) is 23.4 Å². The van der Waals surface area contributed by atoms with Crippen LogP contribution in [0.25, 0.3) is 5.65 Å². The van der Waals surface area contributed by atoms with Gasteiger partial charge in [-0.1, -0.05) is 12.1 Å². The monoisotopic (exact) mass is 337 g/mol. The molecule has 0 unspecified atom stereocenters. The van der Waals surface area contributed by atoms with Crippen LogP contribution in [0.4, 0.5) is 23.2 Å². The molecule has 0 saturated heterocycles. The van der Waals surface area contributed by atoms with E-state index < -0.39 is 23.5 Å². The molecule has 0 spiro atoms. The molecule has 8 heteroatoms. The van der Waals surface area contributed by atoms with Gasteiger partial charge in [0.2, 0.25) is 5.91 Å². The lowest BCUT2D eigenvalue weighted by Gasteiger charge is -2.13. The average Bonchev–Trinajstić information content (AvgIpc) is 2.87. The van der Waals surface area contributed by atoms with Crippen molar-refractivity contribution in [3.63, 3.8) is 0 Å². The number of amides is 1.